The Morgan fingerprint density at radius 2 is 1.24 bits per heavy atom. The second-order valence-electron chi connectivity index (χ2n) is 7.02. The molecule has 0 spiro atoms. The van der Waals surface area contributed by atoms with Gasteiger partial charge in [-0.1, -0.05) is 72.8 Å². The van der Waals surface area contributed by atoms with E-state index in [1.165, 1.54) is 12.1 Å². The largest absolute Gasteiger partial charge is 0.483 e. The summed E-state index contributed by atoms with van der Waals surface area (Å²) in [5.41, 5.74) is 1.75. The number of hydrogen-bond donors (Lipinski definition) is 2. The molecule has 3 aromatic carbocycles. The lowest BCUT2D eigenvalue weighted by Crippen LogP contribution is -2.21. The van der Waals surface area contributed by atoms with Gasteiger partial charge in [-0.2, -0.15) is 21.6 Å². The summed E-state index contributed by atoms with van der Waals surface area (Å²) >= 11 is 0. The minimum Gasteiger partial charge on any atom is -0.483 e. The Morgan fingerprint density at radius 1 is 0.794 bits per heavy atom. The molecule has 0 amide bonds. The summed E-state index contributed by atoms with van der Waals surface area (Å²) in [6.45, 7) is -1.57. The predicted molar refractivity (Wildman–Crippen MR) is 121 cm³/mol. The summed E-state index contributed by atoms with van der Waals surface area (Å²) in [6.07, 6.45) is -4.54. The molecule has 0 atom stereocenters. The fourth-order valence-electron chi connectivity index (χ4n) is 2.93. The van der Waals surface area contributed by atoms with Gasteiger partial charge in [-0.15, -0.1) is 0 Å². The van der Waals surface area contributed by atoms with E-state index in [1.54, 1.807) is 0 Å². The standard InChI is InChI=1S/C14H14O3S.C8H8F3NO3S/c15-18(16,17)11-14(12-7-3-1-4-8-12)13-9-5-2-6-10-13;9-8(10,11)5-15-6-3-1-2-4-7(6)16(12,13)14/h1-10,14H,11H2,(H,15,16,17);1-4H,5H2,(H2,12,13,14). The Labute approximate surface area is 195 Å². The van der Waals surface area contributed by atoms with Crippen LogP contribution in [0.15, 0.2) is 89.8 Å². The molecule has 0 saturated heterocycles. The molecule has 34 heavy (non-hydrogen) atoms. The number of hydrogen-bond acceptors (Lipinski definition) is 5. The van der Waals surface area contributed by atoms with Crippen LogP contribution in [0.1, 0.15) is 17.0 Å². The Hall–Kier alpha value is -2.93. The van der Waals surface area contributed by atoms with Crippen molar-refractivity contribution in [2.45, 2.75) is 17.0 Å². The van der Waals surface area contributed by atoms with Gasteiger partial charge in [-0.3, -0.25) is 4.55 Å². The lowest BCUT2D eigenvalue weighted by molar-refractivity contribution is -0.153. The molecule has 0 fully saturated rings. The van der Waals surface area contributed by atoms with Gasteiger partial charge < -0.3 is 4.74 Å². The lowest BCUT2D eigenvalue weighted by Gasteiger charge is -2.16. The molecule has 3 aromatic rings. The molecule has 12 heteroatoms. The van der Waals surface area contributed by atoms with Crippen molar-refractivity contribution in [1.29, 1.82) is 0 Å². The van der Waals surface area contributed by atoms with Crippen molar-refractivity contribution < 1.29 is 39.3 Å². The van der Waals surface area contributed by atoms with E-state index in [0.717, 1.165) is 23.3 Å². The van der Waals surface area contributed by atoms with Gasteiger partial charge in [-0.25, -0.2) is 13.6 Å². The number of ether oxygens (including phenoxy) is 1. The normalized spacial score (nSPS) is 12.1. The van der Waals surface area contributed by atoms with Gasteiger partial charge >= 0.3 is 6.18 Å². The van der Waals surface area contributed by atoms with E-state index in [-0.39, 0.29) is 11.7 Å². The van der Waals surface area contributed by atoms with Crippen LogP contribution in [0.5, 0.6) is 5.75 Å². The van der Waals surface area contributed by atoms with Crippen molar-refractivity contribution >= 4 is 20.1 Å². The second-order valence-corrected chi connectivity index (χ2v) is 10.0. The molecular formula is C22H22F3NO6S2. The van der Waals surface area contributed by atoms with E-state index in [4.69, 9.17) is 9.69 Å². The number of para-hydroxylation sites is 1. The first-order valence-electron chi connectivity index (χ1n) is 9.63. The molecule has 0 aliphatic rings. The number of halogens is 3. The molecule has 184 valence electrons. The first kappa shape index (κ1) is 27.3. The van der Waals surface area contributed by atoms with Crippen molar-refractivity contribution in [1.82, 2.24) is 0 Å². The van der Waals surface area contributed by atoms with Gasteiger partial charge in [0.1, 0.15) is 10.6 Å². The van der Waals surface area contributed by atoms with Gasteiger partial charge in [0.05, 0.1) is 5.75 Å². The van der Waals surface area contributed by atoms with Crippen LogP contribution in [-0.2, 0) is 20.1 Å². The third-order valence-corrected chi connectivity index (χ3v) is 6.03. The fraction of sp³-hybridized carbons (Fsp3) is 0.182. The molecular weight excluding hydrogens is 495 g/mol. The number of benzene rings is 3. The minimum atomic E-state index is -4.54. The molecule has 0 saturated carbocycles. The van der Waals surface area contributed by atoms with Crippen molar-refractivity contribution in [2.75, 3.05) is 12.4 Å². The highest BCUT2D eigenvalue weighted by atomic mass is 32.2. The first-order chi connectivity index (χ1) is 15.8. The van der Waals surface area contributed by atoms with Gasteiger partial charge in [0.15, 0.2) is 6.61 Å². The van der Waals surface area contributed by atoms with Crippen LogP contribution >= 0.6 is 0 Å². The maximum Gasteiger partial charge on any atom is 0.422 e. The SMILES string of the molecule is NS(=O)(=O)c1ccccc1OCC(F)(F)F.O=S(=O)(O)CC(c1ccccc1)c1ccccc1. The average Bonchev–Trinajstić information content (AvgIpc) is 2.76. The highest BCUT2D eigenvalue weighted by Gasteiger charge is 2.29. The zero-order chi connectivity index (χ0) is 25.4. The van der Waals surface area contributed by atoms with Gasteiger partial charge in [0, 0.05) is 5.92 Å². The Kier molecular flexibility index (Phi) is 9.21. The molecule has 0 radical (unpaired) electrons. The van der Waals surface area contributed by atoms with Crippen LogP contribution < -0.4 is 9.88 Å². The van der Waals surface area contributed by atoms with Gasteiger partial charge in [-0.05, 0) is 23.3 Å². The molecule has 0 bridgehead atoms. The maximum atomic E-state index is 11.9. The van der Waals surface area contributed by atoms with Gasteiger partial charge in [0.2, 0.25) is 10.0 Å². The number of nitrogens with two attached hydrogens (primary N) is 1. The van der Waals surface area contributed by atoms with Crippen LogP contribution in [-0.4, -0.2) is 39.9 Å². The molecule has 3 rings (SSSR count). The van der Waals surface area contributed by atoms with Crippen LogP contribution in [0, 0.1) is 0 Å². The number of rotatable bonds is 7. The molecule has 3 N–H and O–H groups in total. The highest BCUT2D eigenvalue weighted by Crippen LogP contribution is 2.26. The molecule has 0 aliphatic heterocycles. The topological polar surface area (TPSA) is 124 Å². The molecule has 0 aliphatic carbocycles. The van der Waals surface area contributed by atoms with Gasteiger partial charge in [0.25, 0.3) is 10.1 Å². The summed E-state index contributed by atoms with van der Waals surface area (Å²) < 4.78 is 93.3. The van der Waals surface area contributed by atoms with E-state index < -0.39 is 43.6 Å². The van der Waals surface area contributed by atoms with E-state index in [2.05, 4.69) is 4.74 Å². The zero-order valence-electron chi connectivity index (χ0n) is 17.6. The smallest absolute Gasteiger partial charge is 0.422 e. The lowest BCUT2D eigenvalue weighted by atomic mass is 9.93. The van der Waals surface area contributed by atoms with Crippen LogP contribution in [0.25, 0.3) is 0 Å². The monoisotopic (exact) mass is 517 g/mol. The predicted octanol–water partition coefficient (Wildman–Crippen LogP) is 3.98. The van der Waals surface area contributed by atoms with Crippen LogP contribution in [0.4, 0.5) is 13.2 Å². The summed E-state index contributed by atoms with van der Waals surface area (Å²) in [5.74, 6) is -1.06. The van der Waals surface area contributed by atoms with Crippen molar-refractivity contribution in [3.05, 3.63) is 96.1 Å². The summed E-state index contributed by atoms with van der Waals surface area (Å²) in [4.78, 5) is -0.473. The van der Waals surface area contributed by atoms with E-state index in [1.807, 2.05) is 60.7 Å². The minimum absolute atomic E-state index is 0.305. The number of alkyl halides is 3. The Balaban J connectivity index is 0.000000242. The van der Waals surface area contributed by atoms with Crippen molar-refractivity contribution in [3.8, 4) is 5.75 Å². The number of sulfonamides is 1. The maximum absolute atomic E-state index is 11.9. The van der Waals surface area contributed by atoms with Crippen molar-refractivity contribution in [3.63, 3.8) is 0 Å². The van der Waals surface area contributed by atoms with Crippen molar-refractivity contribution in [2.24, 2.45) is 5.14 Å². The van der Waals surface area contributed by atoms with E-state index in [9.17, 15) is 30.0 Å². The average molecular weight is 518 g/mol. The van der Waals surface area contributed by atoms with E-state index in [0.29, 0.717) is 0 Å². The zero-order valence-corrected chi connectivity index (χ0v) is 19.2. The first-order valence-corrected chi connectivity index (χ1v) is 12.8. The molecule has 0 heterocycles. The Morgan fingerprint density at radius 3 is 1.65 bits per heavy atom. The second kappa shape index (κ2) is 11.5. The molecule has 7 nitrogen and oxygen atoms in total. The summed E-state index contributed by atoms with van der Waals surface area (Å²) in [7, 11) is -8.11. The third-order valence-electron chi connectivity index (χ3n) is 4.33. The molecule has 0 unspecified atom stereocenters. The molecule has 0 aromatic heterocycles. The summed E-state index contributed by atoms with van der Waals surface area (Å²) in [6, 6.07) is 23.5. The van der Waals surface area contributed by atoms with Crippen LogP contribution in [0.2, 0.25) is 0 Å². The number of primary sulfonamides is 1. The Bertz CT molecular complexity index is 1230. The highest BCUT2D eigenvalue weighted by molar-refractivity contribution is 7.89. The quantitative estimate of drug-likeness (QED) is 0.457. The summed E-state index contributed by atoms with van der Waals surface area (Å²) in [5, 5.41) is 4.81. The van der Waals surface area contributed by atoms with Crippen LogP contribution in [0.3, 0.4) is 0 Å². The third kappa shape index (κ3) is 9.51. The van der Waals surface area contributed by atoms with E-state index >= 15 is 0 Å². The fourth-order valence-corrected chi connectivity index (χ4v) is 4.41.